The molecular weight excluding hydrogens is 202 g/mol. The largest absolute Gasteiger partial charge is 0.316 e. The predicted molar refractivity (Wildman–Crippen MR) is 68.7 cm³/mol. The highest BCUT2D eigenvalue weighted by molar-refractivity contribution is 7.19. The van der Waals surface area contributed by atoms with Gasteiger partial charge in [0.15, 0.2) is 0 Å². The van der Waals surface area contributed by atoms with Crippen LogP contribution >= 0.6 is 11.3 Å². The summed E-state index contributed by atoms with van der Waals surface area (Å²) in [6.07, 6.45) is 2.37. The fourth-order valence-corrected chi connectivity index (χ4v) is 2.74. The van der Waals surface area contributed by atoms with Crippen LogP contribution in [-0.2, 0) is 6.42 Å². The molecule has 15 heavy (non-hydrogen) atoms. The Morgan fingerprint density at radius 3 is 2.87 bits per heavy atom. The van der Waals surface area contributed by atoms with Crippen molar-refractivity contribution < 1.29 is 0 Å². The lowest BCUT2D eigenvalue weighted by Gasteiger charge is -1.99. The molecule has 0 spiro atoms. The van der Waals surface area contributed by atoms with Gasteiger partial charge in [0.1, 0.15) is 0 Å². The average Bonchev–Trinajstić information content (AvgIpc) is 2.67. The van der Waals surface area contributed by atoms with Gasteiger partial charge in [-0.25, -0.2) is 0 Å². The quantitative estimate of drug-likeness (QED) is 0.760. The molecule has 0 radical (unpaired) electrons. The minimum absolute atomic E-state index is 1.10. The third kappa shape index (κ3) is 2.80. The van der Waals surface area contributed by atoms with Crippen LogP contribution in [0.3, 0.4) is 0 Å². The second-order valence-corrected chi connectivity index (χ2v) is 4.92. The number of rotatable bonds is 5. The third-order valence-corrected chi connectivity index (χ3v) is 3.63. The zero-order valence-electron chi connectivity index (χ0n) is 9.12. The molecule has 2 heteroatoms. The molecule has 1 heterocycles. The van der Waals surface area contributed by atoms with Crippen LogP contribution in [0.4, 0.5) is 0 Å². The van der Waals surface area contributed by atoms with Crippen LogP contribution in [0.1, 0.15) is 18.2 Å². The first kappa shape index (κ1) is 10.7. The lowest BCUT2D eigenvalue weighted by molar-refractivity contribution is 0.674. The first-order valence-corrected chi connectivity index (χ1v) is 6.40. The molecule has 0 saturated heterocycles. The Kier molecular flexibility index (Phi) is 3.75. The standard InChI is InChI=1S/C13H17NS/c1-2-8-14-9-7-12-10-11-5-3-4-6-13(11)15-12/h3-6,10,14H,2,7-9H2,1H3. The van der Waals surface area contributed by atoms with E-state index in [-0.39, 0.29) is 0 Å². The highest BCUT2D eigenvalue weighted by atomic mass is 32.1. The van der Waals surface area contributed by atoms with Gasteiger partial charge < -0.3 is 5.32 Å². The molecule has 0 atom stereocenters. The van der Waals surface area contributed by atoms with Crippen LogP contribution in [-0.4, -0.2) is 13.1 Å². The fraction of sp³-hybridized carbons (Fsp3) is 0.385. The lowest BCUT2D eigenvalue weighted by Crippen LogP contribution is -2.17. The van der Waals surface area contributed by atoms with Crippen LogP contribution in [0, 0.1) is 0 Å². The van der Waals surface area contributed by atoms with Gasteiger partial charge in [-0.15, -0.1) is 11.3 Å². The Bertz CT molecular complexity index is 386. The molecule has 1 aromatic carbocycles. The van der Waals surface area contributed by atoms with Crippen molar-refractivity contribution in [2.75, 3.05) is 13.1 Å². The molecule has 0 bridgehead atoms. The Morgan fingerprint density at radius 1 is 1.20 bits per heavy atom. The molecular formula is C13H17NS. The van der Waals surface area contributed by atoms with Crippen molar-refractivity contribution >= 4 is 21.4 Å². The van der Waals surface area contributed by atoms with Gasteiger partial charge in [0, 0.05) is 9.58 Å². The van der Waals surface area contributed by atoms with E-state index in [9.17, 15) is 0 Å². The van der Waals surface area contributed by atoms with Gasteiger partial charge in [-0.05, 0) is 43.5 Å². The molecule has 0 aliphatic heterocycles. The van der Waals surface area contributed by atoms with E-state index >= 15 is 0 Å². The van der Waals surface area contributed by atoms with Crippen molar-refractivity contribution in [2.45, 2.75) is 19.8 Å². The number of hydrogen-bond acceptors (Lipinski definition) is 2. The van der Waals surface area contributed by atoms with Gasteiger partial charge in [0.2, 0.25) is 0 Å². The summed E-state index contributed by atoms with van der Waals surface area (Å²) in [7, 11) is 0. The second kappa shape index (κ2) is 5.29. The molecule has 1 aromatic heterocycles. The van der Waals surface area contributed by atoms with Gasteiger partial charge in [0.05, 0.1) is 0 Å². The maximum Gasteiger partial charge on any atom is 0.0345 e. The Balaban J connectivity index is 1.97. The first-order chi connectivity index (χ1) is 7.40. The summed E-state index contributed by atoms with van der Waals surface area (Å²) in [5, 5.41) is 4.82. The topological polar surface area (TPSA) is 12.0 Å². The molecule has 0 aliphatic rings. The smallest absolute Gasteiger partial charge is 0.0345 e. The van der Waals surface area contributed by atoms with E-state index in [1.165, 1.54) is 21.4 Å². The molecule has 1 N–H and O–H groups in total. The van der Waals surface area contributed by atoms with Crippen LogP contribution in [0.25, 0.3) is 10.1 Å². The van der Waals surface area contributed by atoms with Crippen molar-refractivity contribution in [2.24, 2.45) is 0 Å². The number of fused-ring (bicyclic) bond motifs is 1. The van der Waals surface area contributed by atoms with Gasteiger partial charge in [-0.3, -0.25) is 0 Å². The fourth-order valence-electron chi connectivity index (χ4n) is 1.67. The van der Waals surface area contributed by atoms with E-state index in [1.807, 2.05) is 11.3 Å². The molecule has 2 rings (SSSR count). The highest BCUT2D eigenvalue weighted by Crippen LogP contribution is 2.25. The number of hydrogen-bond donors (Lipinski definition) is 1. The summed E-state index contributed by atoms with van der Waals surface area (Å²) >= 11 is 1.92. The van der Waals surface area contributed by atoms with Gasteiger partial charge >= 0.3 is 0 Å². The molecule has 80 valence electrons. The molecule has 0 saturated carbocycles. The maximum absolute atomic E-state index is 3.43. The summed E-state index contributed by atoms with van der Waals surface area (Å²) in [5.41, 5.74) is 0. The lowest BCUT2D eigenvalue weighted by atomic mass is 10.2. The van der Waals surface area contributed by atoms with Crippen molar-refractivity contribution in [1.29, 1.82) is 0 Å². The third-order valence-electron chi connectivity index (χ3n) is 2.45. The van der Waals surface area contributed by atoms with Crippen molar-refractivity contribution in [1.82, 2.24) is 5.32 Å². The summed E-state index contributed by atoms with van der Waals surface area (Å²) in [6, 6.07) is 10.9. The van der Waals surface area contributed by atoms with Gasteiger partial charge in [-0.1, -0.05) is 25.1 Å². The van der Waals surface area contributed by atoms with E-state index in [0.717, 1.165) is 19.5 Å². The van der Waals surface area contributed by atoms with Crippen molar-refractivity contribution in [3.05, 3.63) is 35.2 Å². The Hall–Kier alpha value is -0.860. The van der Waals surface area contributed by atoms with Crippen molar-refractivity contribution in [3.8, 4) is 0 Å². The summed E-state index contributed by atoms with van der Waals surface area (Å²) in [6.45, 7) is 4.43. The molecule has 0 fully saturated rings. The summed E-state index contributed by atoms with van der Waals surface area (Å²) in [4.78, 5) is 1.49. The average molecular weight is 219 g/mol. The normalized spacial score (nSPS) is 11.0. The number of thiophene rings is 1. The Labute approximate surface area is 95.1 Å². The second-order valence-electron chi connectivity index (χ2n) is 3.75. The Morgan fingerprint density at radius 2 is 2.07 bits per heavy atom. The zero-order valence-corrected chi connectivity index (χ0v) is 9.94. The summed E-state index contributed by atoms with van der Waals surface area (Å²) in [5.74, 6) is 0. The van der Waals surface area contributed by atoms with Gasteiger partial charge in [-0.2, -0.15) is 0 Å². The van der Waals surface area contributed by atoms with Crippen LogP contribution in [0.15, 0.2) is 30.3 Å². The van der Waals surface area contributed by atoms with E-state index in [0.29, 0.717) is 0 Å². The number of nitrogens with one attached hydrogen (secondary N) is 1. The molecule has 0 aliphatic carbocycles. The van der Waals surface area contributed by atoms with Crippen molar-refractivity contribution in [3.63, 3.8) is 0 Å². The van der Waals surface area contributed by atoms with E-state index in [4.69, 9.17) is 0 Å². The summed E-state index contributed by atoms with van der Waals surface area (Å²) < 4.78 is 1.41. The van der Waals surface area contributed by atoms with E-state index in [2.05, 4.69) is 42.6 Å². The monoisotopic (exact) mass is 219 g/mol. The van der Waals surface area contributed by atoms with E-state index in [1.54, 1.807) is 0 Å². The molecule has 0 amide bonds. The maximum atomic E-state index is 3.43. The molecule has 1 nitrogen and oxygen atoms in total. The van der Waals surface area contributed by atoms with Crippen LogP contribution in [0.5, 0.6) is 0 Å². The highest BCUT2D eigenvalue weighted by Gasteiger charge is 1.99. The molecule has 2 aromatic rings. The SMILES string of the molecule is CCCNCCc1cc2ccccc2s1. The van der Waals surface area contributed by atoms with Crippen LogP contribution in [0.2, 0.25) is 0 Å². The molecule has 0 unspecified atom stereocenters. The predicted octanol–water partition coefficient (Wildman–Crippen LogP) is 3.44. The van der Waals surface area contributed by atoms with Gasteiger partial charge in [0.25, 0.3) is 0 Å². The minimum atomic E-state index is 1.10. The number of benzene rings is 1. The minimum Gasteiger partial charge on any atom is -0.316 e. The first-order valence-electron chi connectivity index (χ1n) is 5.58. The van der Waals surface area contributed by atoms with E-state index < -0.39 is 0 Å². The van der Waals surface area contributed by atoms with Crippen LogP contribution < -0.4 is 5.32 Å². The zero-order chi connectivity index (χ0) is 10.5.